The number of methoxy groups -OCH3 is 1. The standard InChI is InChI=1S/C23H29N3O4/c1-29-21-9-3-2-8-19(21)20(25-10-4-5-11-25)14-24-23(28)17-13-22(27)26(15-17)16-18-7-6-12-30-18/h2-3,6-9,12,17,20H,4-5,10-11,13-16H2,1H3,(H,24,28). The fourth-order valence-corrected chi connectivity index (χ4v) is 4.46. The minimum absolute atomic E-state index is 0.00706. The number of furan rings is 1. The zero-order chi connectivity index (χ0) is 20.9. The maximum absolute atomic E-state index is 12.9. The molecular formula is C23H29N3O4. The van der Waals surface area contributed by atoms with Gasteiger partial charge in [-0.2, -0.15) is 0 Å². The van der Waals surface area contributed by atoms with Crippen molar-refractivity contribution >= 4 is 11.8 Å². The number of para-hydroxylation sites is 1. The molecule has 7 heteroatoms. The van der Waals surface area contributed by atoms with Gasteiger partial charge in [-0.3, -0.25) is 14.5 Å². The van der Waals surface area contributed by atoms with Gasteiger partial charge in [0.2, 0.25) is 11.8 Å². The van der Waals surface area contributed by atoms with Crippen LogP contribution in [-0.2, 0) is 16.1 Å². The number of carbonyl (C=O) groups excluding carboxylic acids is 2. The molecule has 1 aromatic heterocycles. The van der Waals surface area contributed by atoms with Crippen molar-refractivity contribution in [1.29, 1.82) is 0 Å². The smallest absolute Gasteiger partial charge is 0.225 e. The van der Waals surface area contributed by atoms with Crippen LogP contribution in [0.4, 0.5) is 0 Å². The van der Waals surface area contributed by atoms with Crippen LogP contribution in [0.3, 0.4) is 0 Å². The van der Waals surface area contributed by atoms with Crippen molar-refractivity contribution in [1.82, 2.24) is 15.1 Å². The number of nitrogens with one attached hydrogen (secondary N) is 1. The first-order chi connectivity index (χ1) is 14.7. The Bertz CT molecular complexity index is 861. The van der Waals surface area contributed by atoms with E-state index in [4.69, 9.17) is 9.15 Å². The zero-order valence-electron chi connectivity index (χ0n) is 17.4. The van der Waals surface area contributed by atoms with E-state index in [1.165, 1.54) is 12.8 Å². The zero-order valence-corrected chi connectivity index (χ0v) is 17.4. The van der Waals surface area contributed by atoms with E-state index < -0.39 is 0 Å². The SMILES string of the molecule is COc1ccccc1C(CNC(=O)C1CC(=O)N(Cc2ccco2)C1)N1CCCC1. The Morgan fingerprint density at radius 2 is 2.03 bits per heavy atom. The molecule has 0 spiro atoms. The lowest BCUT2D eigenvalue weighted by Crippen LogP contribution is -2.40. The van der Waals surface area contributed by atoms with E-state index in [0.29, 0.717) is 19.6 Å². The molecule has 30 heavy (non-hydrogen) atoms. The Labute approximate surface area is 177 Å². The highest BCUT2D eigenvalue weighted by Crippen LogP contribution is 2.31. The summed E-state index contributed by atoms with van der Waals surface area (Å²) in [6, 6.07) is 11.7. The van der Waals surface area contributed by atoms with Gasteiger partial charge in [0.15, 0.2) is 0 Å². The lowest BCUT2D eigenvalue weighted by molar-refractivity contribution is -0.129. The van der Waals surface area contributed by atoms with Crippen LogP contribution in [0.1, 0.15) is 36.6 Å². The average Bonchev–Trinajstić information content (AvgIpc) is 3.52. The molecule has 2 aliphatic rings. The summed E-state index contributed by atoms with van der Waals surface area (Å²) < 4.78 is 10.9. The molecule has 2 fully saturated rings. The largest absolute Gasteiger partial charge is 0.496 e. The molecule has 1 N–H and O–H groups in total. The van der Waals surface area contributed by atoms with Gasteiger partial charge >= 0.3 is 0 Å². The molecule has 1 aromatic carbocycles. The number of hydrogen-bond donors (Lipinski definition) is 1. The van der Waals surface area contributed by atoms with Crippen LogP contribution in [0.5, 0.6) is 5.75 Å². The number of hydrogen-bond acceptors (Lipinski definition) is 5. The van der Waals surface area contributed by atoms with Gasteiger partial charge in [0.25, 0.3) is 0 Å². The fraction of sp³-hybridized carbons (Fsp3) is 0.478. The van der Waals surface area contributed by atoms with Crippen LogP contribution >= 0.6 is 0 Å². The summed E-state index contributed by atoms with van der Waals surface area (Å²) in [4.78, 5) is 29.3. The summed E-state index contributed by atoms with van der Waals surface area (Å²) >= 11 is 0. The minimum Gasteiger partial charge on any atom is -0.496 e. The number of ether oxygens (including phenoxy) is 1. The molecule has 0 saturated carbocycles. The van der Waals surface area contributed by atoms with E-state index >= 15 is 0 Å². The summed E-state index contributed by atoms with van der Waals surface area (Å²) in [7, 11) is 1.68. The molecule has 3 heterocycles. The van der Waals surface area contributed by atoms with Gasteiger partial charge in [-0.05, 0) is 44.1 Å². The predicted molar refractivity (Wildman–Crippen MR) is 112 cm³/mol. The van der Waals surface area contributed by atoms with Crippen molar-refractivity contribution < 1.29 is 18.7 Å². The summed E-state index contributed by atoms with van der Waals surface area (Å²) in [5.41, 5.74) is 1.09. The van der Waals surface area contributed by atoms with Gasteiger partial charge in [0.05, 0.1) is 31.9 Å². The Hall–Kier alpha value is -2.80. The monoisotopic (exact) mass is 411 g/mol. The summed E-state index contributed by atoms with van der Waals surface area (Å²) in [5, 5.41) is 3.11. The number of nitrogens with zero attached hydrogens (tertiary/aromatic N) is 2. The lowest BCUT2D eigenvalue weighted by Gasteiger charge is -2.29. The number of carbonyl (C=O) groups is 2. The first kappa shape index (κ1) is 20.5. The third-order valence-corrected chi connectivity index (χ3v) is 6.06. The first-order valence-electron chi connectivity index (χ1n) is 10.6. The van der Waals surface area contributed by atoms with Crippen molar-refractivity contribution in [3.63, 3.8) is 0 Å². The Balaban J connectivity index is 1.39. The predicted octanol–water partition coefficient (Wildman–Crippen LogP) is 2.59. The number of amides is 2. The molecule has 160 valence electrons. The van der Waals surface area contributed by atoms with Gasteiger partial charge in [-0.1, -0.05) is 18.2 Å². The second-order valence-electron chi connectivity index (χ2n) is 8.00. The van der Waals surface area contributed by atoms with Gasteiger partial charge in [-0.25, -0.2) is 0 Å². The topological polar surface area (TPSA) is 75.0 Å². The summed E-state index contributed by atoms with van der Waals surface area (Å²) in [5.74, 6) is 1.17. The number of benzene rings is 1. The fourth-order valence-electron chi connectivity index (χ4n) is 4.46. The third-order valence-electron chi connectivity index (χ3n) is 6.06. The second kappa shape index (κ2) is 9.34. The van der Waals surface area contributed by atoms with E-state index in [2.05, 4.69) is 16.3 Å². The molecule has 2 aliphatic heterocycles. The Morgan fingerprint density at radius 3 is 2.77 bits per heavy atom. The van der Waals surface area contributed by atoms with Crippen LogP contribution in [-0.4, -0.2) is 54.9 Å². The minimum atomic E-state index is -0.329. The van der Waals surface area contributed by atoms with Crippen molar-refractivity contribution in [3.05, 3.63) is 54.0 Å². The van der Waals surface area contributed by atoms with Crippen LogP contribution in [0.2, 0.25) is 0 Å². The molecule has 4 rings (SSSR count). The van der Waals surface area contributed by atoms with E-state index in [1.807, 2.05) is 24.3 Å². The molecule has 2 atom stereocenters. The van der Waals surface area contributed by atoms with Gasteiger partial charge in [0.1, 0.15) is 11.5 Å². The normalized spacial score (nSPS) is 20.5. The van der Waals surface area contributed by atoms with E-state index in [-0.39, 0.29) is 30.2 Å². The Kier molecular flexibility index (Phi) is 6.38. The highest BCUT2D eigenvalue weighted by molar-refractivity contribution is 5.89. The molecule has 2 aromatic rings. The molecule has 2 unspecified atom stereocenters. The van der Waals surface area contributed by atoms with Gasteiger partial charge < -0.3 is 19.4 Å². The maximum Gasteiger partial charge on any atom is 0.225 e. The summed E-state index contributed by atoms with van der Waals surface area (Å²) in [6.45, 7) is 3.36. The molecule has 0 radical (unpaired) electrons. The second-order valence-corrected chi connectivity index (χ2v) is 8.00. The molecule has 2 amide bonds. The maximum atomic E-state index is 12.9. The van der Waals surface area contributed by atoms with Crippen molar-refractivity contribution in [2.75, 3.05) is 33.3 Å². The average molecular weight is 412 g/mol. The molecular weight excluding hydrogens is 382 g/mol. The van der Waals surface area contributed by atoms with Crippen LogP contribution in [0, 0.1) is 5.92 Å². The van der Waals surface area contributed by atoms with E-state index in [0.717, 1.165) is 30.2 Å². The van der Waals surface area contributed by atoms with Crippen molar-refractivity contribution in [2.24, 2.45) is 5.92 Å². The van der Waals surface area contributed by atoms with Crippen LogP contribution in [0.15, 0.2) is 47.1 Å². The van der Waals surface area contributed by atoms with Crippen LogP contribution in [0.25, 0.3) is 0 Å². The van der Waals surface area contributed by atoms with Gasteiger partial charge in [-0.15, -0.1) is 0 Å². The van der Waals surface area contributed by atoms with E-state index in [9.17, 15) is 9.59 Å². The summed E-state index contributed by atoms with van der Waals surface area (Å²) in [6.07, 6.45) is 4.17. The van der Waals surface area contributed by atoms with Crippen LogP contribution < -0.4 is 10.1 Å². The van der Waals surface area contributed by atoms with Crippen molar-refractivity contribution in [2.45, 2.75) is 31.8 Å². The highest BCUT2D eigenvalue weighted by Gasteiger charge is 2.35. The third kappa shape index (κ3) is 4.51. The van der Waals surface area contributed by atoms with E-state index in [1.54, 1.807) is 24.3 Å². The molecule has 2 saturated heterocycles. The molecule has 0 bridgehead atoms. The molecule has 0 aliphatic carbocycles. The lowest BCUT2D eigenvalue weighted by atomic mass is 10.0. The molecule has 7 nitrogen and oxygen atoms in total. The highest BCUT2D eigenvalue weighted by atomic mass is 16.5. The first-order valence-corrected chi connectivity index (χ1v) is 10.6. The number of rotatable bonds is 8. The van der Waals surface area contributed by atoms with Gasteiger partial charge in [0, 0.05) is 25.1 Å². The number of likely N-dealkylation sites (tertiary alicyclic amines) is 2. The quantitative estimate of drug-likeness (QED) is 0.723. The van der Waals surface area contributed by atoms with Crippen molar-refractivity contribution in [3.8, 4) is 5.75 Å². The Morgan fingerprint density at radius 1 is 1.23 bits per heavy atom.